The molecule has 132 valence electrons. The van der Waals surface area contributed by atoms with Crippen molar-refractivity contribution in [3.63, 3.8) is 0 Å². The van der Waals surface area contributed by atoms with Crippen molar-refractivity contribution in [1.29, 1.82) is 0 Å². The standard InChI is InChI=1S/C19H17N3O4/c1-11-3-5-14(12(2)9-11)17(23)20-19-22-21-18(26-19)13-4-6-15-16(10-13)25-8-7-24-15/h3-6,9-10H,7-8H2,1-2H3,(H,20,22,23). The first-order chi connectivity index (χ1) is 12.6. The number of benzene rings is 2. The quantitative estimate of drug-likeness (QED) is 0.778. The van der Waals surface area contributed by atoms with Crippen molar-refractivity contribution in [2.45, 2.75) is 13.8 Å². The Bertz CT molecular complexity index is 981. The molecule has 0 saturated carbocycles. The number of nitrogens with one attached hydrogen (secondary N) is 1. The van der Waals surface area contributed by atoms with E-state index in [0.29, 0.717) is 35.8 Å². The molecule has 1 N–H and O–H groups in total. The Morgan fingerprint density at radius 1 is 1.00 bits per heavy atom. The SMILES string of the molecule is Cc1ccc(C(=O)Nc2nnc(-c3ccc4c(c3)OCCO4)o2)c(C)c1. The monoisotopic (exact) mass is 351 g/mol. The molecule has 0 aliphatic carbocycles. The van der Waals surface area contributed by atoms with E-state index in [9.17, 15) is 4.79 Å². The molecule has 1 aliphatic heterocycles. The van der Waals surface area contributed by atoms with Gasteiger partial charge in [-0.05, 0) is 43.7 Å². The van der Waals surface area contributed by atoms with Crippen molar-refractivity contribution >= 4 is 11.9 Å². The molecular weight excluding hydrogens is 334 g/mol. The van der Waals surface area contributed by atoms with E-state index in [1.54, 1.807) is 24.3 Å². The zero-order valence-corrected chi connectivity index (χ0v) is 14.4. The number of amides is 1. The lowest BCUT2D eigenvalue weighted by Crippen LogP contribution is -2.15. The van der Waals surface area contributed by atoms with Crippen LogP contribution >= 0.6 is 0 Å². The molecule has 0 unspecified atom stereocenters. The summed E-state index contributed by atoms with van der Waals surface area (Å²) in [6.45, 7) is 4.89. The molecule has 0 fully saturated rings. The molecule has 0 atom stereocenters. The molecule has 4 rings (SSSR count). The van der Waals surface area contributed by atoms with Crippen molar-refractivity contribution in [2.24, 2.45) is 0 Å². The first-order valence-corrected chi connectivity index (χ1v) is 8.22. The Balaban J connectivity index is 1.54. The van der Waals surface area contributed by atoms with Gasteiger partial charge in [-0.25, -0.2) is 0 Å². The summed E-state index contributed by atoms with van der Waals surface area (Å²) in [5.74, 6) is 1.31. The number of carbonyl (C=O) groups is 1. The van der Waals surface area contributed by atoms with Gasteiger partial charge in [0.1, 0.15) is 13.2 Å². The number of nitrogens with zero attached hydrogens (tertiary/aromatic N) is 2. The second kappa shape index (κ2) is 6.51. The molecular formula is C19H17N3O4. The van der Waals surface area contributed by atoms with Gasteiger partial charge in [-0.15, -0.1) is 5.10 Å². The number of hydrogen-bond acceptors (Lipinski definition) is 6. The molecule has 3 aromatic rings. The van der Waals surface area contributed by atoms with Crippen molar-refractivity contribution in [3.8, 4) is 23.0 Å². The van der Waals surface area contributed by atoms with Crippen LogP contribution in [0.25, 0.3) is 11.5 Å². The van der Waals surface area contributed by atoms with Crippen LogP contribution in [0.2, 0.25) is 0 Å². The molecule has 2 heterocycles. The number of aromatic nitrogens is 2. The Morgan fingerprint density at radius 2 is 1.81 bits per heavy atom. The topological polar surface area (TPSA) is 86.5 Å². The molecule has 26 heavy (non-hydrogen) atoms. The molecule has 0 spiro atoms. The second-order valence-corrected chi connectivity index (χ2v) is 6.04. The van der Waals surface area contributed by atoms with Gasteiger partial charge in [0, 0.05) is 11.1 Å². The van der Waals surface area contributed by atoms with Gasteiger partial charge in [0.25, 0.3) is 5.91 Å². The zero-order chi connectivity index (χ0) is 18.1. The summed E-state index contributed by atoms with van der Waals surface area (Å²) in [5, 5.41) is 10.5. The maximum absolute atomic E-state index is 12.4. The summed E-state index contributed by atoms with van der Waals surface area (Å²) < 4.78 is 16.6. The Morgan fingerprint density at radius 3 is 2.62 bits per heavy atom. The minimum atomic E-state index is -0.292. The van der Waals surface area contributed by atoms with Gasteiger partial charge in [-0.2, -0.15) is 0 Å². The molecule has 0 bridgehead atoms. The lowest BCUT2D eigenvalue weighted by atomic mass is 10.1. The van der Waals surface area contributed by atoms with Crippen LogP contribution in [0.5, 0.6) is 11.5 Å². The van der Waals surface area contributed by atoms with Crippen LogP contribution in [0.1, 0.15) is 21.5 Å². The highest BCUT2D eigenvalue weighted by atomic mass is 16.6. The fourth-order valence-corrected chi connectivity index (χ4v) is 2.80. The summed E-state index contributed by atoms with van der Waals surface area (Å²) in [4.78, 5) is 12.4. The molecule has 0 radical (unpaired) electrons. The second-order valence-electron chi connectivity index (χ2n) is 6.04. The maximum atomic E-state index is 12.4. The number of rotatable bonds is 3. The van der Waals surface area contributed by atoms with Crippen molar-refractivity contribution in [1.82, 2.24) is 10.2 Å². The third-order valence-electron chi connectivity index (χ3n) is 4.06. The lowest BCUT2D eigenvalue weighted by molar-refractivity contribution is 0.102. The van der Waals surface area contributed by atoms with Crippen molar-refractivity contribution in [3.05, 3.63) is 53.1 Å². The van der Waals surface area contributed by atoms with Gasteiger partial charge in [0.05, 0.1) is 0 Å². The molecule has 0 saturated heterocycles. The van der Waals surface area contributed by atoms with Crippen LogP contribution in [0.3, 0.4) is 0 Å². The predicted molar refractivity (Wildman–Crippen MR) is 94.6 cm³/mol. The van der Waals surface area contributed by atoms with Crippen LogP contribution < -0.4 is 14.8 Å². The molecule has 1 aromatic heterocycles. The average molecular weight is 351 g/mol. The summed E-state index contributed by atoms with van der Waals surface area (Å²) in [7, 11) is 0. The van der Waals surface area contributed by atoms with Crippen molar-refractivity contribution < 1.29 is 18.7 Å². The predicted octanol–water partition coefficient (Wildman–Crippen LogP) is 3.38. The largest absolute Gasteiger partial charge is 0.486 e. The third kappa shape index (κ3) is 3.11. The number of anilines is 1. The number of ether oxygens (including phenoxy) is 2. The van der Waals surface area contributed by atoms with Crippen LogP contribution in [0.4, 0.5) is 6.01 Å². The normalized spacial score (nSPS) is 12.7. The smallest absolute Gasteiger partial charge is 0.322 e. The summed E-state index contributed by atoms with van der Waals surface area (Å²) in [6.07, 6.45) is 0. The minimum absolute atomic E-state index is 0.0415. The Hall–Kier alpha value is -3.35. The molecule has 1 aliphatic rings. The van der Waals surface area contributed by atoms with E-state index in [4.69, 9.17) is 13.9 Å². The van der Waals surface area contributed by atoms with Gasteiger partial charge in [-0.1, -0.05) is 22.8 Å². The van der Waals surface area contributed by atoms with Crippen LogP contribution in [0.15, 0.2) is 40.8 Å². The third-order valence-corrected chi connectivity index (χ3v) is 4.06. The Labute approximate surface area is 150 Å². The highest BCUT2D eigenvalue weighted by Gasteiger charge is 2.17. The number of fused-ring (bicyclic) bond motifs is 1. The van der Waals surface area contributed by atoms with E-state index >= 15 is 0 Å². The Kier molecular flexibility index (Phi) is 4.04. The van der Waals surface area contributed by atoms with Crippen molar-refractivity contribution in [2.75, 3.05) is 18.5 Å². The number of aryl methyl sites for hydroxylation is 2. The number of hydrogen-bond donors (Lipinski definition) is 1. The summed E-state index contributed by atoms with van der Waals surface area (Å²) in [5.41, 5.74) is 3.23. The fourth-order valence-electron chi connectivity index (χ4n) is 2.80. The highest BCUT2D eigenvalue weighted by Crippen LogP contribution is 2.34. The van der Waals surface area contributed by atoms with E-state index in [-0.39, 0.29) is 17.8 Å². The molecule has 7 nitrogen and oxygen atoms in total. The minimum Gasteiger partial charge on any atom is -0.486 e. The average Bonchev–Trinajstić information content (AvgIpc) is 3.09. The van der Waals surface area contributed by atoms with Gasteiger partial charge >= 0.3 is 6.01 Å². The highest BCUT2D eigenvalue weighted by molar-refractivity contribution is 6.04. The van der Waals surface area contributed by atoms with Gasteiger partial charge in [0.2, 0.25) is 5.89 Å². The van der Waals surface area contributed by atoms with Crippen LogP contribution in [0, 0.1) is 13.8 Å². The zero-order valence-electron chi connectivity index (χ0n) is 14.4. The molecule has 1 amide bonds. The number of carbonyl (C=O) groups excluding carboxylic acids is 1. The van der Waals surface area contributed by atoms with E-state index in [0.717, 1.165) is 11.1 Å². The first-order valence-electron chi connectivity index (χ1n) is 8.22. The van der Waals surface area contributed by atoms with Crippen LogP contribution in [-0.4, -0.2) is 29.3 Å². The van der Waals surface area contributed by atoms with E-state index in [1.807, 2.05) is 26.0 Å². The lowest BCUT2D eigenvalue weighted by Gasteiger charge is -2.18. The van der Waals surface area contributed by atoms with Gasteiger partial charge < -0.3 is 13.9 Å². The molecule has 2 aromatic carbocycles. The van der Waals surface area contributed by atoms with Gasteiger partial charge in [0.15, 0.2) is 11.5 Å². The first kappa shape index (κ1) is 16.1. The fraction of sp³-hybridized carbons (Fsp3) is 0.211. The van der Waals surface area contributed by atoms with E-state index < -0.39 is 0 Å². The molecule has 7 heteroatoms. The van der Waals surface area contributed by atoms with Gasteiger partial charge in [-0.3, -0.25) is 10.1 Å². The summed E-state index contributed by atoms with van der Waals surface area (Å²) >= 11 is 0. The summed E-state index contributed by atoms with van der Waals surface area (Å²) in [6, 6.07) is 11.0. The van der Waals surface area contributed by atoms with E-state index in [1.165, 1.54) is 0 Å². The van der Waals surface area contributed by atoms with Crippen LogP contribution in [-0.2, 0) is 0 Å². The van der Waals surface area contributed by atoms with E-state index in [2.05, 4.69) is 15.5 Å². The maximum Gasteiger partial charge on any atom is 0.322 e.